The maximum atomic E-state index is 12.4. The summed E-state index contributed by atoms with van der Waals surface area (Å²) in [6, 6.07) is 20.2. The first-order chi connectivity index (χ1) is 13.5. The Morgan fingerprint density at radius 2 is 1.68 bits per heavy atom. The first-order valence-corrected chi connectivity index (χ1v) is 9.11. The van der Waals surface area contributed by atoms with Crippen LogP contribution >= 0.6 is 15.9 Å². The molecule has 3 N–H and O–H groups in total. The highest BCUT2D eigenvalue weighted by molar-refractivity contribution is 9.10. The van der Waals surface area contributed by atoms with Crippen LogP contribution in [0.3, 0.4) is 0 Å². The number of anilines is 1. The Morgan fingerprint density at radius 3 is 2.46 bits per heavy atom. The number of hydrazone groups is 1. The van der Waals surface area contributed by atoms with Crippen LogP contribution in [0.25, 0.3) is 0 Å². The maximum absolute atomic E-state index is 12.4. The number of aromatic hydroxyl groups is 1. The van der Waals surface area contributed by atoms with E-state index in [-0.39, 0.29) is 11.7 Å². The summed E-state index contributed by atoms with van der Waals surface area (Å²) in [6.07, 6.45) is 1.35. The Morgan fingerprint density at radius 1 is 0.929 bits per heavy atom. The molecule has 3 rings (SSSR count). The molecule has 0 aliphatic rings. The van der Waals surface area contributed by atoms with E-state index in [4.69, 9.17) is 0 Å². The van der Waals surface area contributed by atoms with E-state index in [1.165, 1.54) is 12.3 Å². The third kappa shape index (κ3) is 4.83. The van der Waals surface area contributed by atoms with E-state index in [0.29, 0.717) is 26.9 Å². The molecule has 0 fully saturated rings. The van der Waals surface area contributed by atoms with E-state index in [0.717, 1.165) is 0 Å². The number of phenols is 1. The number of nitrogens with zero attached hydrogens (tertiary/aromatic N) is 1. The van der Waals surface area contributed by atoms with Gasteiger partial charge in [0.25, 0.3) is 11.8 Å². The molecule has 0 saturated carbocycles. The van der Waals surface area contributed by atoms with Crippen molar-refractivity contribution in [3.8, 4) is 5.75 Å². The average molecular weight is 438 g/mol. The van der Waals surface area contributed by atoms with Crippen molar-refractivity contribution in [2.75, 3.05) is 5.32 Å². The first-order valence-electron chi connectivity index (χ1n) is 8.32. The van der Waals surface area contributed by atoms with E-state index in [1.807, 2.05) is 6.07 Å². The van der Waals surface area contributed by atoms with Crippen molar-refractivity contribution in [2.24, 2.45) is 5.10 Å². The number of phenolic OH excluding ortho intramolecular Hbond substituents is 1. The summed E-state index contributed by atoms with van der Waals surface area (Å²) in [5, 5.41) is 16.3. The number of benzene rings is 3. The standard InChI is InChI=1S/C21H16BrN3O3/c22-18-10-3-2-9-17(18)21(28)24-16-8-5-7-14(12-16)20(27)25-23-13-15-6-1-4-11-19(15)26/h1-13,26H,(H,24,28)(H,25,27). The molecular weight excluding hydrogens is 422 g/mol. The molecule has 0 aliphatic carbocycles. The number of carbonyl (C=O) groups excluding carboxylic acids is 2. The molecule has 28 heavy (non-hydrogen) atoms. The van der Waals surface area contributed by atoms with Crippen LogP contribution in [-0.2, 0) is 0 Å². The van der Waals surface area contributed by atoms with Crippen molar-refractivity contribution in [1.82, 2.24) is 5.43 Å². The summed E-state index contributed by atoms with van der Waals surface area (Å²) in [6.45, 7) is 0. The molecule has 7 heteroatoms. The third-order valence-electron chi connectivity index (χ3n) is 3.81. The van der Waals surface area contributed by atoms with Gasteiger partial charge in [-0.25, -0.2) is 5.43 Å². The molecule has 0 aliphatic heterocycles. The SMILES string of the molecule is O=C(NN=Cc1ccccc1O)c1cccc(NC(=O)c2ccccc2Br)c1. The van der Waals surface area contributed by atoms with Crippen molar-refractivity contribution in [3.05, 3.63) is 94.0 Å². The smallest absolute Gasteiger partial charge is 0.271 e. The Kier molecular flexibility index (Phi) is 6.18. The van der Waals surface area contributed by atoms with Gasteiger partial charge in [0.1, 0.15) is 5.75 Å². The molecule has 6 nitrogen and oxygen atoms in total. The largest absolute Gasteiger partial charge is 0.507 e. The van der Waals surface area contributed by atoms with E-state index in [9.17, 15) is 14.7 Å². The average Bonchev–Trinajstić information content (AvgIpc) is 2.70. The fourth-order valence-corrected chi connectivity index (χ4v) is 2.87. The number of hydrogen-bond donors (Lipinski definition) is 3. The molecule has 0 heterocycles. The molecule has 0 radical (unpaired) electrons. The summed E-state index contributed by atoms with van der Waals surface area (Å²) in [5.41, 5.74) is 4.19. The van der Waals surface area contributed by atoms with Crippen LogP contribution in [0, 0.1) is 0 Å². The van der Waals surface area contributed by atoms with Crippen LogP contribution in [-0.4, -0.2) is 23.1 Å². The Labute approximate surface area is 170 Å². The van der Waals surface area contributed by atoms with Crippen molar-refractivity contribution in [2.45, 2.75) is 0 Å². The van der Waals surface area contributed by atoms with Crippen molar-refractivity contribution >= 4 is 39.6 Å². The van der Waals surface area contributed by atoms with Gasteiger partial charge in [-0.05, 0) is 58.4 Å². The van der Waals surface area contributed by atoms with Crippen LogP contribution in [0.15, 0.2) is 82.4 Å². The zero-order valence-electron chi connectivity index (χ0n) is 14.6. The lowest BCUT2D eigenvalue weighted by molar-refractivity contribution is 0.0953. The maximum Gasteiger partial charge on any atom is 0.271 e. The quantitative estimate of drug-likeness (QED) is 0.413. The van der Waals surface area contributed by atoms with Gasteiger partial charge in [-0.2, -0.15) is 5.10 Å². The Hall–Kier alpha value is -3.45. The van der Waals surface area contributed by atoms with Crippen molar-refractivity contribution in [1.29, 1.82) is 0 Å². The van der Waals surface area contributed by atoms with Crippen LogP contribution in [0.2, 0.25) is 0 Å². The highest BCUT2D eigenvalue weighted by Crippen LogP contribution is 2.18. The number of hydrogen-bond acceptors (Lipinski definition) is 4. The molecule has 0 bridgehead atoms. The molecule has 2 amide bonds. The minimum absolute atomic E-state index is 0.0669. The molecular formula is C21H16BrN3O3. The van der Waals surface area contributed by atoms with Gasteiger partial charge >= 0.3 is 0 Å². The number of carbonyl (C=O) groups is 2. The minimum atomic E-state index is -0.441. The fourth-order valence-electron chi connectivity index (χ4n) is 2.40. The zero-order valence-corrected chi connectivity index (χ0v) is 16.2. The van der Waals surface area contributed by atoms with Crippen LogP contribution in [0.5, 0.6) is 5.75 Å². The number of halogens is 1. The minimum Gasteiger partial charge on any atom is -0.507 e. The number of rotatable bonds is 5. The molecule has 0 spiro atoms. The van der Waals surface area contributed by atoms with E-state index in [2.05, 4.69) is 31.8 Å². The lowest BCUT2D eigenvalue weighted by atomic mass is 10.1. The Bertz CT molecular complexity index is 1050. The lowest BCUT2D eigenvalue weighted by Crippen LogP contribution is -2.18. The predicted octanol–water partition coefficient (Wildman–Crippen LogP) is 4.17. The van der Waals surface area contributed by atoms with Crippen molar-refractivity contribution < 1.29 is 14.7 Å². The summed E-state index contributed by atoms with van der Waals surface area (Å²) in [7, 11) is 0. The van der Waals surface area contributed by atoms with E-state index in [1.54, 1.807) is 60.7 Å². The van der Waals surface area contributed by atoms with Gasteiger partial charge in [0.2, 0.25) is 0 Å². The normalized spacial score (nSPS) is 10.6. The molecule has 3 aromatic carbocycles. The second-order valence-electron chi connectivity index (χ2n) is 5.77. The summed E-state index contributed by atoms with van der Waals surface area (Å²) in [4.78, 5) is 24.7. The predicted molar refractivity (Wildman–Crippen MR) is 112 cm³/mol. The second-order valence-corrected chi connectivity index (χ2v) is 6.63. The second kappa shape index (κ2) is 8.96. The monoisotopic (exact) mass is 437 g/mol. The number of amides is 2. The van der Waals surface area contributed by atoms with Crippen LogP contribution in [0.4, 0.5) is 5.69 Å². The number of nitrogens with one attached hydrogen (secondary N) is 2. The molecule has 140 valence electrons. The van der Waals surface area contributed by atoms with E-state index < -0.39 is 5.91 Å². The number of para-hydroxylation sites is 1. The van der Waals surface area contributed by atoms with Gasteiger partial charge in [-0.1, -0.05) is 30.3 Å². The molecule has 3 aromatic rings. The van der Waals surface area contributed by atoms with Gasteiger partial charge in [-0.15, -0.1) is 0 Å². The van der Waals surface area contributed by atoms with Gasteiger partial charge in [0.15, 0.2) is 0 Å². The lowest BCUT2D eigenvalue weighted by Gasteiger charge is -2.08. The topological polar surface area (TPSA) is 90.8 Å². The summed E-state index contributed by atoms with van der Waals surface area (Å²) >= 11 is 3.34. The van der Waals surface area contributed by atoms with Crippen LogP contribution < -0.4 is 10.7 Å². The third-order valence-corrected chi connectivity index (χ3v) is 4.50. The fraction of sp³-hybridized carbons (Fsp3) is 0. The van der Waals surface area contributed by atoms with Crippen molar-refractivity contribution in [3.63, 3.8) is 0 Å². The zero-order chi connectivity index (χ0) is 19.9. The van der Waals surface area contributed by atoms with Gasteiger partial charge < -0.3 is 10.4 Å². The van der Waals surface area contributed by atoms with Gasteiger partial charge in [-0.3, -0.25) is 9.59 Å². The molecule has 0 atom stereocenters. The van der Waals surface area contributed by atoms with Crippen LogP contribution in [0.1, 0.15) is 26.3 Å². The molecule has 0 unspecified atom stereocenters. The summed E-state index contributed by atoms with van der Waals surface area (Å²) in [5.74, 6) is -0.663. The van der Waals surface area contributed by atoms with Gasteiger partial charge in [0.05, 0.1) is 11.8 Å². The summed E-state index contributed by atoms with van der Waals surface area (Å²) < 4.78 is 0.680. The first kappa shape index (κ1) is 19.3. The Balaban J connectivity index is 1.67. The highest BCUT2D eigenvalue weighted by Gasteiger charge is 2.11. The molecule has 0 saturated heterocycles. The van der Waals surface area contributed by atoms with E-state index >= 15 is 0 Å². The highest BCUT2D eigenvalue weighted by atomic mass is 79.9. The van der Waals surface area contributed by atoms with Gasteiger partial charge in [0, 0.05) is 21.3 Å². The molecule has 0 aromatic heterocycles.